The molecule has 3 aliphatic rings. The summed E-state index contributed by atoms with van der Waals surface area (Å²) in [5.41, 5.74) is 5.15. The summed E-state index contributed by atoms with van der Waals surface area (Å²) in [6.07, 6.45) is 15.8. The van der Waals surface area contributed by atoms with Gasteiger partial charge in [-0.1, -0.05) is 13.0 Å². The van der Waals surface area contributed by atoms with E-state index in [4.69, 9.17) is 4.99 Å². The minimum atomic E-state index is 0.00146. The van der Waals surface area contributed by atoms with Crippen molar-refractivity contribution in [2.24, 2.45) is 4.99 Å². The van der Waals surface area contributed by atoms with Crippen LogP contribution >= 0.6 is 0 Å². The van der Waals surface area contributed by atoms with E-state index < -0.39 is 0 Å². The van der Waals surface area contributed by atoms with Gasteiger partial charge in [0.25, 0.3) is 0 Å². The highest BCUT2D eigenvalue weighted by atomic mass is 16.1. The van der Waals surface area contributed by atoms with Crippen molar-refractivity contribution in [2.75, 3.05) is 11.4 Å². The SMILES string of the molecule is CC(C)=O.C[C@H]1CCCCN1c1ccnc(N=C2CC3=C(C=CC(C)(c4ccncc4)C3)N2)c1. The number of anilines is 1. The molecule has 2 aliphatic heterocycles. The molecule has 1 aliphatic carbocycles. The van der Waals surface area contributed by atoms with Crippen molar-refractivity contribution < 1.29 is 4.79 Å². The second kappa shape index (κ2) is 10.3. The maximum Gasteiger partial charge on any atom is 0.155 e. The number of pyridine rings is 2. The highest BCUT2D eigenvalue weighted by Gasteiger charge is 2.32. The molecule has 0 saturated carbocycles. The van der Waals surface area contributed by atoms with E-state index in [1.165, 1.54) is 55.6 Å². The predicted molar refractivity (Wildman–Crippen MR) is 138 cm³/mol. The summed E-state index contributed by atoms with van der Waals surface area (Å²) in [7, 11) is 0. The third kappa shape index (κ3) is 5.61. The van der Waals surface area contributed by atoms with Gasteiger partial charge < -0.3 is 15.0 Å². The maximum atomic E-state index is 9.44. The summed E-state index contributed by atoms with van der Waals surface area (Å²) in [6, 6.07) is 9.05. The number of nitrogens with zero attached hydrogens (tertiary/aromatic N) is 4. The second-order valence-corrected chi connectivity index (χ2v) is 9.86. The molecule has 0 amide bonds. The van der Waals surface area contributed by atoms with Crippen molar-refractivity contribution in [3.63, 3.8) is 0 Å². The Morgan fingerprint density at radius 2 is 1.94 bits per heavy atom. The average Bonchev–Trinajstić information content (AvgIpc) is 3.21. The Labute approximate surface area is 202 Å². The first-order chi connectivity index (χ1) is 16.3. The lowest BCUT2D eigenvalue weighted by atomic mass is 9.74. The van der Waals surface area contributed by atoms with Gasteiger partial charge in [0.1, 0.15) is 11.6 Å². The summed E-state index contributed by atoms with van der Waals surface area (Å²) < 4.78 is 0. The lowest BCUT2D eigenvalue weighted by Crippen LogP contribution is -2.37. The highest BCUT2D eigenvalue weighted by molar-refractivity contribution is 5.92. The van der Waals surface area contributed by atoms with E-state index in [0.29, 0.717) is 6.04 Å². The zero-order valence-corrected chi connectivity index (χ0v) is 20.7. The summed E-state index contributed by atoms with van der Waals surface area (Å²) in [5.74, 6) is 1.94. The van der Waals surface area contributed by atoms with E-state index in [1.54, 1.807) is 0 Å². The Morgan fingerprint density at radius 3 is 2.68 bits per heavy atom. The normalized spacial score (nSPS) is 24.9. The number of hydrogen-bond donors (Lipinski definition) is 1. The minimum absolute atomic E-state index is 0.00146. The predicted octanol–water partition coefficient (Wildman–Crippen LogP) is 5.65. The molecule has 0 bridgehead atoms. The number of allylic oxidation sites excluding steroid dienone is 2. The molecule has 2 atom stereocenters. The van der Waals surface area contributed by atoms with Crippen LogP contribution in [0.4, 0.5) is 11.5 Å². The summed E-state index contributed by atoms with van der Waals surface area (Å²) in [4.78, 5) is 25.5. The zero-order chi connectivity index (χ0) is 24.1. The van der Waals surface area contributed by atoms with Crippen molar-refractivity contribution in [3.05, 3.63) is 71.8 Å². The van der Waals surface area contributed by atoms with Gasteiger partial charge in [-0.2, -0.15) is 0 Å². The Kier molecular flexibility index (Phi) is 7.25. The van der Waals surface area contributed by atoms with Crippen molar-refractivity contribution in [2.45, 2.75) is 71.3 Å². The molecule has 0 aromatic carbocycles. The van der Waals surface area contributed by atoms with Crippen LogP contribution in [0.15, 0.2) is 71.3 Å². The van der Waals surface area contributed by atoms with Crippen molar-refractivity contribution in [1.82, 2.24) is 15.3 Å². The molecule has 2 aromatic rings. The van der Waals surface area contributed by atoms with Crippen LogP contribution in [-0.2, 0) is 10.2 Å². The molecule has 1 saturated heterocycles. The van der Waals surface area contributed by atoms with Gasteiger partial charge in [-0.05, 0) is 81.9 Å². The van der Waals surface area contributed by atoms with E-state index in [1.807, 2.05) is 18.6 Å². The fraction of sp³-hybridized carbons (Fsp3) is 0.429. The Balaban J connectivity index is 0.000000636. The van der Waals surface area contributed by atoms with Crippen LogP contribution in [0.3, 0.4) is 0 Å². The number of rotatable bonds is 3. The van der Waals surface area contributed by atoms with Crippen LogP contribution in [0, 0.1) is 0 Å². The van der Waals surface area contributed by atoms with Crippen molar-refractivity contribution in [1.29, 1.82) is 0 Å². The van der Waals surface area contributed by atoms with Crippen LogP contribution in [0.1, 0.15) is 65.4 Å². The van der Waals surface area contributed by atoms with Gasteiger partial charge in [0.2, 0.25) is 0 Å². The first-order valence-electron chi connectivity index (χ1n) is 12.2. The van der Waals surface area contributed by atoms with Crippen LogP contribution in [-0.4, -0.2) is 34.2 Å². The average molecular weight is 458 g/mol. The highest BCUT2D eigenvalue weighted by Crippen LogP contribution is 2.39. The smallest absolute Gasteiger partial charge is 0.155 e. The van der Waals surface area contributed by atoms with Gasteiger partial charge in [-0.3, -0.25) is 4.98 Å². The number of aromatic nitrogens is 2. The van der Waals surface area contributed by atoms with Crippen LogP contribution in [0.2, 0.25) is 0 Å². The largest absolute Gasteiger partial charge is 0.369 e. The molecule has 6 heteroatoms. The number of carbonyl (C=O) groups is 1. The van der Waals surface area contributed by atoms with Crippen molar-refractivity contribution >= 4 is 23.1 Å². The van der Waals surface area contributed by atoms with Gasteiger partial charge in [-0.25, -0.2) is 9.98 Å². The fourth-order valence-corrected chi connectivity index (χ4v) is 4.94. The lowest BCUT2D eigenvalue weighted by Gasteiger charge is -2.35. The molecule has 1 N–H and O–H groups in total. The first-order valence-corrected chi connectivity index (χ1v) is 12.2. The van der Waals surface area contributed by atoms with E-state index in [9.17, 15) is 4.79 Å². The third-order valence-electron chi connectivity index (χ3n) is 6.69. The third-order valence-corrected chi connectivity index (χ3v) is 6.69. The van der Waals surface area contributed by atoms with E-state index >= 15 is 0 Å². The van der Waals surface area contributed by atoms with Gasteiger partial charge in [0.05, 0.1) is 0 Å². The lowest BCUT2D eigenvalue weighted by molar-refractivity contribution is -0.114. The van der Waals surface area contributed by atoms with Crippen LogP contribution in [0.5, 0.6) is 0 Å². The summed E-state index contributed by atoms with van der Waals surface area (Å²) in [5, 5.41) is 3.52. The first kappa shape index (κ1) is 23.9. The van der Waals surface area contributed by atoms with Crippen LogP contribution < -0.4 is 10.2 Å². The Morgan fingerprint density at radius 1 is 1.18 bits per heavy atom. The van der Waals surface area contributed by atoms with Gasteiger partial charge in [0.15, 0.2) is 5.82 Å². The molecule has 4 heterocycles. The monoisotopic (exact) mass is 457 g/mol. The molecule has 1 fully saturated rings. The minimum Gasteiger partial charge on any atom is -0.369 e. The van der Waals surface area contributed by atoms with Gasteiger partial charge in [0, 0.05) is 60.5 Å². The number of ketones is 1. The fourth-order valence-electron chi connectivity index (χ4n) is 4.94. The Bertz CT molecular complexity index is 1120. The van der Waals surface area contributed by atoms with Gasteiger partial charge in [-0.15, -0.1) is 0 Å². The number of nitrogens with one attached hydrogen (secondary N) is 1. The molecule has 34 heavy (non-hydrogen) atoms. The molecule has 5 rings (SSSR count). The van der Waals surface area contributed by atoms with E-state index in [2.05, 4.69) is 70.4 Å². The quantitative estimate of drug-likeness (QED) is 0.645. The molecule has 0 radical (unpaired) electrons. The number of Topliss-reactive ketones (excluding diaryl/α,β-unsaturated/α-hetero) is 1. The number of piperidine rings is 1. The topological polar surface area (TPSA) is 70.5 Å². The Hall–Kier alpha value is -3.28. The maximum absolute atomic E-state index is 9.44. The van der Waals surface area contributed by atoms with Crippen LogP contribution in [0.25, 0.3) is 0 Å². The van der Waals surface area contributed by atoms with E-state index in [-0.39, 0.29) is 11.2 Å². The number of carbonyl (C=O) groups excluding carboxylic acids is 1. The summed E-state index contributed by atoms with van der Waals surface area (Å²) in [6.45, 7) is 8.78. The zero-order valence-electron chi connectivity index (χ0n) is 20.7. The molecule has 1 unspecified atom stereocenters. The standard InChI is InChI=1S/C25H29N5.C3H6O/c1-18-5-3-4-14-30(18)21-9-13-27-23(16-21)29-24-15-19-17-25(2,10-6-22(19)28-24)20-7-11-26-12-8-20;1-3(2)4/h6-13,16,18H,3-5,14-15,17H2,1-2H3,(H,27,28,29);1-2H3/t18-,25?;/m0./s1. The summed E-state index contributed by atoms with van der Waals surface area (Å²) >= 11 is 0. The number of hydrogen-bond acceptors (Lipinski definition) is 5. The number of amidine groups is 1. The van der Waals surface area contributed by atoms with E-state index in [0.717, 1.165) is 31.0 Å². The molecule has 0 spiro atoms. The second-order valence-electron chi connectivity index (χ2n) is 9.86. The number of aliphatic imine (C=N–C) groups is 1. The molecular weight excluding hydrogens is 422 g/mol. The van der Waals surface area contributed by atoms with Crippen molar-refractivity contribution in [3.8, 4) is 0 Å². The molecule has 2 aromatic heterocycles. The van der Waals surface area contributed by atoms with Gasteiger partial charge >= 0.3 is 0 Å². The molecular formula is C28H35N5O. The molecule has 6 nitrogen and oxygen atoms in total. The molecule has 178 valence electrons.